The molecular weight excluding hydrogens is 300 g/mol. The number of anilines is 1. The maximum atomic E-state index is 4.55. The van der Waals surface area contributed by atoms with E-state index in [4.69, 9.17) is 0 Å². The lowest BCUT2D eigenvalue weighted by atomic mass is 9.95. The fourth-order valence-corrected chi connectivity index (χ4v) is 3.78. The van der Waals surface area contributed by atoms with Gasteiger partial charge in [0, 0.05) is 43.3 Å². The third-order valence-corrected chi connectivity index (χ3v) is 4.92. The Morgan fingerprint density at radius 2 is 2.12 bits per heavy atom. The van der Waals surface area contributed by atoms with E-state index in [-0.39, 0.29) is 0 Å². The molecule has 1 aliphatic heterocycles. The van der Waals surface area contributed by atoms with E-state index in [9.17, 15) is 0 Å². The second-order valence-electron chi connectivity index (χ2n) is 6.33. The summed E-state index contributed by atoms with van der Waals surface area (Å²) in [6.07, 6.45) is 10.0. The molecule has 24 heavy (non-hydrogen) atoms. The first-order valence-electron chi connectivity index (χ1n) is 8.35. The topological polar surface area (TPSA) is 62.1 Å². The number of aromatic nitrogens is 5. The normalized spacial score (nSPS) is 18.5. The molecule has 120 valence electrons. The van der Waals surface area contributed by atoms with Crippen molar-refractivity contribution in [1.29, 1.82) is 0 Å². The molecular formula is C18H18N6. The van der Waals surface area contributed by atoms with Gasteiger partial charge >= 0.3 is 0 Å². The van der Waals surface area contributed by atoms with E-state index in [1.54, 1.807) is 6.33 Å². The number of rotatable bonds is 2. The summed E-state index contributed by atoms with van der Waals surface area (Å²) in [5.41, 5.74) is 3.20. The third-order valence-electron chi connectivity index (χ3n) is 4.92. The highest BCUT2D eigenvalue weighted by atomic mass is 15.2. The molecule has 1 atom stereocenters. The predicted molar refractivity (Wildman–Crippen MR) is 93.3 cm³/mol. The second kappa shape index (κ2) is 5.33. The van der Waals surface area contributed by atoms with Gasteiger partial charge in [-0.3, -0.25) is 0 Å². The first-order chi connectivity index (χ1) is 11.9. The molecule has 0 aromatic carbocycles. The zero-order valence-corrected chi connectivity index (χ0v) is 13.3. The molecule has 0 aliphatic carbocycles. The summed E-state index contributed by atoms with van der Waals surface area (Å²) in [4.78, 5) is 19.0. The second-order valence-corrected chi connectivity index (χ2v) is 6.33. The fourth-order valence-electron chi connectivity index (χ4n) is 3.78. The van der Waals surface area contributed by atoms with Crippen molar-refractivity contribution in [2.45, 2.75) is 18.8 Å². The van der Waals surface area contributed by atoms with Crippen LogP contribution in [-0.4, -0.2) is 37.4 Å². The molecule has 0 bridgehead atoms. The van der Waals surface area contributed by atoms with Gasteiger partial charge in [0.1, 0.15) is 23.4 Å². The number of fused-ring (bicyclic) bond motifs is 2. The van der Waals surface area contributed by atoms with E-state index in [1.807, 2.05) is 18.5 Å². The molecule has 4 aromatic rings. The highest BCUT2D eigenvalue weighted by Crippen LogP contribution is 2.32. The third kappa shape index (κ3) is 2.06. The van der Waals surface area contributed by atoms with Crippen LogP contribution in [0.4, 0.5) is 5.82 Å². The van der Waals surface area contributed by atoms with Crippen LogP contribution in [0, 0.1) is 0 Å². The highest BCUT2D eigenvalue weighted by molar-refractivity contribution is 5.87. The zero-order chi connectivity index (χ0) is 15.9. The van der Waals surface area contributed by atoms with Crippen LogP contribution in [0.3, 0.4) is 0 Å². The van der Waals surface area contributed by atoms with Crippen LogP contribution in [0.1, 0.15) is 24.5 Å². The fraction of sp³-hybridized carbons (Fsp3) is 0.278. The van der Waals surface area contributed by atoms with Crippen molar-refractivity contribution in [1.82, 2.24) is 24.3 Å². The van der Waals surface area contributed by atoms with Crippen molar-refractivity contribution in [2.75, 3.05) is 18.0 Å². The van der Waals surface area contributed by atoms with Crippen LogP contribution >= 0.6 is 0 Å². The monoisotopic (exact) mass is 318 g/mol. The van der Waals surface area contributed by atoms with Crippen LogP contribution in [0.2, 0.25) is 0 Å². The van der Waals surface area contributed by atoms with E-state index < -0.39 is 0 Å². The quantitative estimate of drug-likeness (QED) is 0.617. The van der Waals surface area contributed by atoms with Gasteiger partial charge in [-0.05, 0) is 31.0 Å². The molecule has 1 N–H and O–H groups in total. The van der Waals surface area contributed by atoms with Gasteiger partial charge in [0.15, 0.2) is 0 Å². The van der Waals surface area contributed by atoms with E-state index in [0.717, 1.165) is 42.0 Å². The number of nitrogens with zero attached hydrogens (tertiary/aromatic N) is 5. The van der Waals surface area contributed by atoms with Crippen molar-refractivity contribution < 1.29 is 0 Å². The summed E-state index contributed by atoms with van der Waals surface area (Å²) in [5, 5.41) is 1.09. The van der Waals surface area contributed by atoms with Gasteiger partial charge in [0.2, 0.25) is 0 Å². The van der Waals surface area contributed by atoms with Crippen LogP contribution in [0.15, 0.2) is 49.2 Å². The molecule has 1 fully saturated rings. The van der Waals surface area contributed by atoms with Gasteiger partial charge in [-0.1, -0.05) is 6.07 Å². The summed E-state index contributed by atoms with van der Waals surface area (Å²) in [6.45, 7) is 1.99. The van der Waals surface area contributed by atoms with Crippen LogP contribution in [0.25, 0.3) is 16.7 Å². The SMILES string of the molecule is c1ccn2c(C3CCCN(c4ncnc5[nH]ccc45)C3)cnc2c1. The first kappa shape index (κ1) is 13.5. The molecule has 1 saturated heterocycles. The number of nitrogens with one attached hydrogen (secondary N) is 1. The molecule has 4 aromatic heterocycles. The van der Waals surface area contributed by atoms with E-state index in [0.29, 0.717) is 5.92 Å². The Hall–Kier alpha value is -2.89. The molecule has 5 heterocycles. The van der Waals surface area contributed by atoms with Crippen molar-refractivity contribution in [3.63, 3.8) is 0 Å². The van der Waals surface area contributed by atoms with Crippen molar-refractivity contribution in [3.8, 4) is 0 Å². The van der Waals surface area contributed by atoms with Crippen molar-refractivity contribution in [3.05, 3.63) is 54.9 Å². The maximum Gasteiger partial charge on any atom is 0.142 e. The van der Waals surface area contributed by atoms with E-state index >= 15 is 0 Å². The summed E-state index contributed by atoms with van der Waals surface area (Å²) in [5.74, 6) is 1.49. The van der Waals surface area contributed by atoms with Gasteiger partial charge in [-0.15, -0.1) is 0 Å². The van der Waals surface area contributed by atoms with Crippen LogP contribution < -0.4 is 4.90 Å². The molecule has 0 saturated carbocycles. The Morgan fingerprint density at radius 3 is 3.12 bits per heavy atom. The number of imidazole rings is 1. The summed E-state index contributed by atoms with van der Waals surface area (Å²) in [7, 11) is 0. The van der Waals surface area contributed by atoms with Gasteiger partial charge < -0.3 is 14.3 Å². The highest BCUT2D eigenvalue weighted by Gasteiger charge is 2.25. The summed E-state index contributed by atoms with van der Waals surface area (Å²) in [6, 6.07) is 8.20. The minimum Gasteiger partial charge on any atom is -0.355 e. The van der Waals surface area contributed by atoms with Gasteiger partial charge in [0.05, 0.1) is 5.39 Å². The molecule has 0 radical (unpaired) electrons. The number of hydrogen-bond acceptors (Lipinski definition) is 4. The van der Waals surface area contributed by atoms with Crippen molar-refractivity contribution in [2.24, 2.45) is 0 Å². The number of pyridine rings is 1. The van der Waals surface area contributed by atoms with E-state index in [1.165, 1.54) is 12.1 Å². The standard InChI is InChI=1S/C18H18N6/c1-2-9-24-15(10-20-16(24)5-1)13-4-3-8-23(11-13)18-14-6-7-19-17(14)21-12-22-18/h1-2,5-7,9-10,12-13H,3-4,8,11H2,(H,19,21,22). The number of aromatic amines is 1. The lowest BCUT2D eigenvalue weighted by molar-refractivity contribution is 0.497. The molecule has 0 amide bonds. The summed E-state index contributed by atoms with van der Waals surface area (Å²) < 4.78 is 2.21. The lowest BCUT2D eigenvalue weighted by Gasteiger charge is -2.33. The Morgan fingerprint density at radius 1 is 1.12 bits per heavy atom. The summed E-state index contributed by atoms with van der Waals surface area (Å²) >= 11 is 0. The Balaban J connectivity index is 1.51. The molecule has 1 unspecified atom stereocenters. The minimum atomic E-state index is 0.458. The molecule has 6 heteroatoms. The first-order valence-corrected chi connectivity index (χ1v) is 8.35. The van der Waals surface area contributed by atoms with Crippen LogP contribution in [-0.2, 0) is 0 Å². The average molecular weight is 318 g/mol. The van der Waals surface area contributed by atoms with Gasteiger partial charge in [0.25, 0.3) is 0 Å². The smallest absolute Gasteiger partial charge is 0.142 e. The number of H-pyrrole nitrogens is 1. The van der Waals surface area contributed by atoms with Crippen molar-refractivity contribution >= 4 is 22.5 Å². The van der Waals surface area contributed by atoms with Crippen LogP contribution in [0.5, 0.6) is 0 Å². The van der Waals surface area contributed by atoms with Gasteiger partial charge in [-0.2, -0.15) is 0 Å². The average Bonchev–Trinajstić information content (AvgIpc) is 3.28. The largest absolute Gasteiger partial charge is 0.355 e. The minimum absolute atomic E-state index is 0.458. The Bertz CT molecular complexity index is 1000. The maximum absolute atomic E-state index is 4.55. The van der Waals surface area contributed by atoms with Gasteiger partial charge in [-0.25, -0.2) is 15.0 Å². The lowest BCUT2D eigenvalue weighted by Crippen LogP contribution is -2.35. The zero-order valence-electron chi connectivity index (χ0n) is 13.3. The number of hydrogen-bond donors (Lipinski definition) is 1. The Kier molecular flexibility index (Phi) is 3.01. The molecule has 5 rings (SSSR count). The molecule has 6 nitrogen and oxygen atoms in total. The van der Waals surface area contributed by atoms with E-state index in [2.05, 4.69) is 53.6 Å². The number of piperidine rings is 1. The Labute approximate surface area is 139 Å². The molecule has 0 spiro atoms. The predicted octanol–water partition coefficient (Wildman–Crippen LogP) is 2.99. The molecule has 1 aliphatic rings.